The molecule has 0 bridgehead atoms. The van der Waals surface area contributed by atoms with Gasteiger partial charge in [0.15, 0.2) is 0 Å². The number of carbonyl (C=O) groups is 1. The van der Waals surface area contributed by atoms with Gasteiger partial charge in [0.1, 0.15) is 5.82 Å². The minimum Gasteiger partial charge on any atom is -0.349 e. The summed E-state index contributed by atoms with van der Waals surface area (Å²) in [5, 5.41) is 7.73. The van der Waals surface area contributed by atoms with Crippen LogP contribution in [0, 0.1) is 6.92 Å². The SMILES string of the molecule is Cc1nccc(-c2ccccc2)c1C(=O)NC1CCc2nn(CCN(C)C)c(=O)n2CC1. The van der Waals surface area contributed by atoms with Crippen LogP contribution in [0.1, 0.15) is 34.7 Å². The zero-order chi connectivity index (χ0) is 22.7. The summed E-state index contributed by atoms with van der Waals surface area (Å²) in [5.74, 6) is 0.676. The number of aromatic nitrogens is 4. The number of rotatable bonds is 6. The summed E-state index contributed by atoms with van der Waals surface area (Å²) in [5.41, 5.74) is 3.10. The van der Waals surface area contributed by atoms with Crippen LogP contribution in [-0.4, -0.2) is 56.8 Å². The summed E-state index contributed by atoms with van der Waals surface area (Å²) in [4.78, 5) is 32.4. The number of nitrogens with zero attached hydrogens (tertiary/aromatic N) is 5. The maximum absolute atomic E-state index is 13.3. The normalized spacial score (nSPS) is 15.9. The lowest BCUT2D eigenvalue weighted by atomic mass is 9.98. The van der Waals surface area contributed by atoms with E-state index in [-0.39, 0.29) is 17.6 Å². The molecule has 168 valence electrons. The first-order valence-electron chi connectivity index (χ1n) is 11.1. The molecule has 8 nitrogen and oxygen atoms in total. The lowest BCUT2D eigenvalue weighted by molar-refractivity contribution is 0.0932. The smallest absolute Gasteiger partial charge is 0.345 e. The van der Waals surface area contributed by atoms with E-state index in [0.717, 1.165) is 29.9 Å². The van der Waals surface area contributed by atoms with E-state index in [2.05, 4.69) is 15.4 Å². The lowest BCUT2D eigenvalue weighted by Gasteiger charge is -2.18. The highest BCUT2D eigenvalue weighted by atomic mass is 16.2. The molecule has 32 heavy (non-hydrogen) atoms. The average molecular weight is 435 g/mol. The number of pyridine rings is 1. The molecular formula is C24H30N6O2. The Kier molecular flexibility index (Phi) is 6.50. The van der Waals surface area contributed by atoms with E-state index in [0.29, 0.717) is 37.2 Å². The Morgan fingerprint density at radius 3 is 2.72 bits per heavy atom. The first-order valence-corrected chi connectivity index (χ1v) is 11.1. The highest BCUT2D eigenvalue weighted by molar-refractivity contribution is 6.01. The summed E-state index contributed by atoms with van der Waals surface area (Å²) < 4.78 is 3.31. The monoisotopic (exact) mass is 434 g/mol. The van der Waals surface area contributed by atoms with E-state index >= 15 is 0 Å². The zero-order valence-corrected chi connectivity index (χ0v) is 18.9. The molecule has 1 amide bonds. The Balaban J connectivity index is 1.48. The van der Waals surface area contributed by atoms with Crippen molar-refractivity contribution in [3.05, 3.63) is 70.2 Å². The van der Waals surface area contributed by atoms with Crippen LogP contribution >= 0.6 is 0 Å². The highest BCUT2D eigenvalue weighted by Gasteiger charge is 2.24. The maximum atomic E-state index is 13.3. The van der Waals surface area contributed by atoms with Crippen molar-refractivity contribution in [1.82, 2.24) is 29.5 Å². The molecule has 0 saturated carbocycles. The van der Waals surface area contributed by atoms with Crippen LogP contribution in [-0.2, 0) is 19.5 Å². The summed E-state index contributed by atoms with van der Waals surface area (Å²) >= 11 is 0. The van der Waals surface area contributed by atoms with Crippen LogP contribution in [0.5, 0.6) is 0 Å². The molecule has 1 aliphatic rings. The zero-order valence-electron chi connectivity index (χ0n) is 18.9. The van der Waals surface area contributed by atoms with Gasteiger partial charge in [0, 0.05) is 31.7 Å². The van der Waals surface area contributed by atoms with Crippen LogP contribution in [0.25, 0.3) is 11.1 Å². The van der Waals surface area contributed by atoms with E-state index in [1.54, 1.807) is 15.4 Å². The van der Waals surface area contributed by atoms with Gasteiger partial charge >= 0.3 is 5.69 Å². The number of likely N-dealkylation sites (N-methyl/N-ethyl adjacent to an activating group) is 1. The van der Waals surface area contributed by atoms with Gasteiger partial charge in [0.25, 0.3) is 5.91 Å². The van der Waals surface area contributed by atoms with Crippen LogP contribution in [0.2, 0.25) is 0 Å². The van der Waals surface area contributed by atoms with Gasteiger partial charge in [-0.3, -0.25) is 14.3 Å². The van der Waals surface area contributed by atoms with Gasteiger partial charge in [-0.25, -0.2) is 9.48 Å². The molecule has 3 heterocycles. The lowest BCUT2D eigenvalue weighted by Crippen LogP contribution is -2.36. The van der Waals surface area contributed by atoms with Crippen molar-refractivity contribution in [1.29, 1.82) is 0 Å². The third kappa shape index (κ3) is 4.65. The third-order valence-corrected chi connectivity index (χ3v) is 5.96. The van der Waals surface area contributed by atoms with Gasteiger partial charge in [-0.15, -0.1) is 0 Å². The van der Waals surface area contributed by atoms with Crippen molar-refractivity contribution in [2.24, 2.45) is 0 Å². The molecule has 0 saturated heterocycles. The van der Waals surface area contributed by atoms with E-state index < -0.39 is 0 Å². The Morgan fingerprint density at radius 2 is 1.97 bits per heavy atom. The number of amides is 1. The second-order valence-electron chi connectivity index (χ2n) is 8.56. The van der Waals surface area contributed by atoms with Crippen molar-refractivity contribution < 1.29 is 4.79 Å². The summed E-state index contributed by atoms with van der Waals surface area (Å²) in [6.45, 7) is 3.76. The maximum Gasteiger partial charge on any atom is 0.345 e. The van der Waals surface area contributed by atoms with Gasteiger partial charge in [-0.05, 0) is 51.1 Å². The number of nitrogens with one attached hydrogen (secondary N) is 1. The van der Waals surface area contributed by atoms with Crippen molar-refractivity contribution in [3.63, 3.8) is 0 Å². The van der Waals surface area contributed by atoms with E-state index in [9.17, 15) is 9.59 Å². The molecular weight excluding hydrogens is 404 g/mol. The van der Waals surface area contributed by atoms with Crippen molar-refractivity contribution in [3.8, 4) is 11.1 Å². The number of carbonyl (C=O) groups excluding carboxylic acids is 1. The molecule has 1 atom stereocenters. The van der Waals surface area contributed by atoms with Crippen LogP contribution in [0.15, 0.2) is 47.4 Å². The Morgan fingerprint density at radius 1 is 1.19 bits per heavy atom. The average Bonchev–Trinajstić information content (AvgIpc) is 2.94. The molecule has 4 rings (SSSR count). The standard InChI is InChI=1S/C24H30N6O2/c1-17-22(20(11-13-25-17)18-7-5-4-6-8-18)23(31)26-19-9-10-21-27-30(16-15-28(2)3)24(32)29(21)14-12-19/h4-8,11,13,19H,9-10,12,14-16H2,1-3H3,(H,26,31). The predicted octanol–water partition coefficient (Wildman–Crippen LogP) is 2.11. The highest BCUT2D eigenvalue weighted by Crippen LogP contribution is 2.25. The molecule has 3 aromatic rings. The predicted molar refractivity (Wildman–Crippen MR) is 124 cm³/mol. The van der Waals surface area contributed by atoms with Gasteiger partial charge < -0.3 is 10.2 Å². The number of aryl methyl sites for hydroxylation is 2. The molecule has 0 aliphatic carbocycles. The van der Waals surface area contributed by atoms with Crippen molar-refractivity contribution in [2.75, 3.05) is 20.6 Å². The minimum atomic E-state index is -0.123. The number of benzene rings is 1. The third-order valence-electron chi connectivity index (χ3n) is 5.96. The van der Waals surface area contributed by atoms with Crippen LogP contribution in [0.3, 0.4) is 0 Å². The van der Waals surface area contributed by atoms with Crippen LogP contribution in [0.4, 0.5) is 0 Å². The second kappa shape index (κ2) is 9.48. The Hall–Kier alpha value is -3.26. The molecule has 1 N–H and O–H groups in total. The van der Waals surface area contributed by atoms with E-state index in [1.165, 1.54) is 0 Å². The van der Waals surface area contributed by atoms with E-state index in [4.69, 9.17) is 0 Å². The molecule has 0 radical (unpaired) electrons. The Bertz CT molecular complexity index is 1150. The van der Waals surface area contributed by atoms with Crippen LogP contribution < -0.4 is 11.0 Å². The fraction of sp³-hybridized carbons (Fsp3) is 0.417. The second-order valence-corrected chi connectivity index (χ2v) is 8.56. The molecule has 8 heteroatoms. The number of hydrogen-bond acceptors (Lipinski definition) is 5. The first kappa shape index (κ1) is 22.0. The van der Waals surface area contributed by atoms with Gasteiger partial charge in [-0.2, -0.15) is 5.10 Å². The fourth-order valence-corrected chi connectivity index (χ4v) is 4.18. The fourth-order valence-electron chi connectivity index (χ4n) is 4.18. The summed E-state index contributed by atoms with van der Waals surface area (Å²) in [6.07, 6.45) is 3.83. The largest absolute Gasteiger partial charge is 0.349 e. The topological polar surface area (TPSA) is 85.1 Å². The molecule has 2 aromatic heterocycles. The number of fused-ring (bicyclic) bond motifs is 1. The molecule has 1 unspecified atom stereocenters. The molecule has 1 aliphatic heterocycles. The van der Waals surface area contributed by atoms with Crippen molar-refractivity contribution in [2.45, 2.75) is 45.3 Å². The van der Waals surface area contributed by atoms with E-state index in [1.807, 2.05) is 62.3 Å². The first-order chi connectivity index (χ1) is 15.4. The Labute approximate surface area is 187 Å². The van der Waals surface area contributed by atoms with Gasteiger partial charge in [0.05, 0.1) is 17.8 Å². The quantitative estimate of drug-likeness (QED) is 0.642. The van der Waals surface area contributed by atoms with Gasteiger partial charge in [-0.1, -0.05) is 30.3 Å². The minimum absolute atomic E-state index is 0.0259. The van der Waals surface area contributed by atoms with Gasteiger partial charge in [0.2, 0.25) is 0 Å². The molecule has 0 spiro atoms. The molecule has 1 aromatic carbocycles. The van der Waals surface area contributed by atoms with Crippen molar-refractivity contribution >= 4 is 5.91 Å². The molecule has 0 fully saturated rings. The number of hydrogen-bond donors (Lipinski definition) is 1. The summed E-state index contributed by atoms with van der Waals surface area (Å²) in [6, 6.07) is 11.7. The summed E-state index contributed by atoms with van der Waals surface area (Å²) in [7, 11) is 3.96.